The standard InChI is InChI=1S/C13H24N2O3/c1-2-17-5-6-18-9-13(16)15-7-10-3-4-12(14)11(10)8-15/h10-12H,2-9,14H2,1H3. The SMILES string of the molecule is CCOCCOCC(=O)N1CC2CCC(N)C2C1. The molecule has 0 radical (unpaired) electrons. The number of rotatable bonds is 6. The molecule has 1 heterocycles. The number of nitrogens with two attached hydrogens (primary N) is 1. The Morgan fingerprint density at radius 1 is 1.28 bits per heavy atom. The molecule has 0 aromatic heterocycles. The molecule has 1 saturated heterocycles. The summed E-state index contributed by atoms with van der Waals surface area (Å²) in [6, 6.07) is 0.284. The largest absolute Gasteiger partial charge is 0.379 e. The van der Waals surface area contributed by atoms with E-state index in [2.05, 4.69) is 0 Å². The molecule has 3 unspecified atom stereocenters. The van der Waals surface area contributed by atoms with Gasteiger partial charge in [0, 0.05) is 25.7 Å². The van der Waals surface area contributed by atoms with Gasteiger partial charge in [0.25, 0.3) is 0 Å². The van der Waals surface area contributed by atoms with Crippen molar-refractivity contribution in [2.75, 3.05) is 39.5 Å². The number of hydrogen-bond donors (Lipinski definition) is 1. The molecule has 2 fully saturated rings. The third kappa shape index (κ3) is 3.22. The number of carbonyl (C=O) groups is 1. The van der Waals surface area contributed by atoms with Gasteiger partial charge in [-0.1, -0.05) is 0 Å². The molecule has 2 rings (SSSR count). The quantitative estimate of drug-likeness (QED) is 0.691. The molecule has 0 bridgehead atoms. The first kappa shape index (κ1) is 13.8. The summed E-state index contributed by atoms with van der Waals surface area (Å²) in [5, 5.41) is 0. The Balaban J connectivity index is 1.65. The van der Waals surface area contributed by atoms with Gasteiger partial charge < -0.3 is 20.1 Å². The molecule has 3 atom stereocenters. The Morgan fingerprint density at radius 2 is 2.06 bits per heavy atom. The van der Waals surface area contributed by atoms with Crippen LogP contribution in [0.2, 0.25) is 0 Å². The maximum absolute atomic E-state index is 11.9. The molecule has 104 valence electrons. The van der Waals surface area contributed by atoms with Crippen molar-refractivity contribution in [1.82, 2.24) is 4.90 Å². The highest BCUT2D eigenvalue weighted by atomic mass is 16.5. The summed E-state index contributed by atoms with van der Waals surface area (Å²) in [7, 11) is 0. The second-order valence-electron chi connectivity index (χ2n) is 5.21. The normalized spacial score (nSPS) is 30.8. The van der Waals surface area contributed by atoms with Gasteiger partial charge in [-0.25, -0.2) is 0 Å². The first-order valence-electron chi connectivity index (χ1n) is 6.91. The fraction of sp³-hybridized carbons (Fsp3) is 0.923. The predicted molar refractivity (Wildman–Crippen MR) is 68.1 cm³/mol. The van der Waals surface area contributed by atoms with Gasteiger partial charge in [0.2, 0.25) is 5.91 Å². The second kappa shape index (κ2) is 6.50. The molecule has 1 amide bonds. The van der Waals surface area contributed by atoms with Crippen molar-refractivity contribution in [3.63, 3.8) is 0 Å². The molecule has 1 aliphatic heterocycles. The van der Waals surface area contributed by atoms with Crippen molar-refractivity contribution in [1.29, 1.82) is 0 Å². The summed E-state index contributed by atoms with van der Waals surface area (Å²) in [6.45, 7) is 5.52. The highest BCUT2D eigenvalue weighted by Gasteiger charge is 2.42. The Morgan fingerprint density at radius 3 is 2.78 bits per heavy atom. The minimum Gasteiger partial charge on any atom is -0.379 e. The van der Waals surface area contributed by atoms with E-state index < -0.39 is 0 Å². The van der Waals surface area contributed by atoms with Gasteiger partial charge in [-0.05, 0) is 31.6 Å². The number of amides is 1. The first-order valence-corrected chi connectivity index (χ1v) is 6.91. The smallest absolute Gasteiger partial charge is 0.248 e. The summed E-state index contributed by atoms with van der Waals surface area (Å²) >= 11 is 0. The lowest BCUT2D eigenvalue weighted by molar-refractivity contribution is -0.135. The van der Waals surface area contributed by atoms with Crippen molar-refractivity contribution in [2.45, 2.75) is 25.8 Å². The summed E-state index contributed by atoms with van der Waals surface area (Å²) in [4.78, 5) is 13.8. The van der Waals surface area contributed by atoms with Gasteiger partial charge in [0.15, 0.2) is 0 Å². The molecule has 1 aliphatic carbocycles. The number of carbonyl (C=O) groups excluding carboxylic acids is 1. The fourth-order valence-electron chi connectivity index (χ4n) is 3.02. The van der Waals surface area contributed by atoms with Crippen LogP contribution < -0.4 is 5.73 Å². The number of hydrogen-bond acceptors (Lipinski definition) is 4. The Bertz CT molecular complexity index is 285. The minimum atomic E-state index is 0.0908. The number of nitrogens with zero attached hydrogens (tertiary/aromatic N) is 1. The van der Waals surface area contributed by atoms with Crippen LogP contribution >= 0.6 is 0 Å². The highest BCUT2D eigenvalue weighted by Crippen LogP contribution is 2.36. The van der Waals surface area contributed by atoms with Gasteiger partial charge in [-0.2, -0.15) is 0 Å². The van der Waals surface area contributed by atoms with E-state index in [-0.39, 0.29) is 18.6 Å². The van der Waals surface area contributed by atoms with Crippen LogP contribution in [-0.4, -0.2) is 56.4 Å². The van der Waals surface area contributed by atoms with E-state index in [0.717, 1.165) is 19.5 Å². The Hall–Kier alpha value is -0.650. The van der Waals surface area contributed by atoms with Crippen molar-refractivity contribution in [2.24, 2.45) is 17.6 Å². The zero-order valence-electron chi connectivity index (χ0n) is 11.1. The van der Waals surface area contributed by atoms with Crippen LogP contribution in [0.25, 0.3) is 0 Å². The maximum Gasteiger partial charge on any atom is 0.248 e. The summed E-state index contributed by atoms with van der Waals surface area (Å²) in [6.07, 6.45) is 2.28. The molecule has 18 heavy (non-hydrogen) atoms. The van der Waals surface area contributed by atoms with Gasteiger partial charge in [-0.15, -0.1) is 0 Å². The van der Waals surface area contributed by atoms with Crippen molar-refractivity contribution in [3.8, 4) is 0 Å². The van der Waals surface area contributed by atoms with E-state index in [1.54, 1.807) is 0 Å². The fourth-order valence-corrected chi connectivity index (χ4v) is 3.02. The molecular weight excluding hydrogens is 232 g/mol. The third-order valence-electron chi connectivity index (χ3n) is 4.07. The summed E-state index contributed by atoms with van der Waals surface area (Å²) < 4.78 is 10.5. The first-order chi connectivity index (χ1) is 8.72. The molecule has 5 nitrogen and oxygen atoms in total. The van der Waals surface area contributed by atoms with E-state index in [4.69, 9.17) is 15.2 Å². The van der Waals surface area contributed by atoms with E-state index in [0.29, 0.717) is 31.7 Å². The maximum atomic E-state index is 11.9. The summed E-state index contributed by atoms with van der Waals surface area (Å²) in [5.41, 5.74) is 6.05. The predicted octanol–water partition coefficient (Wildman–Crippen LogP) is 0.235. The Kier molecular flexibility index (Phi) is 4.97. The van der Waals surface area contributed by atoms with Crippen molar-refractivity contribution >= 4 is 5.91 Å². The average molecular weight is 256 g/mol. The topological polar surface area (TPSA) is 64.8 Å². The molecule has 0 spiro atoms. The lowest BCUT2D eigenvalue weighted by Gasteiger charge is -2.18. The van der Waals surface area contributed by atoms with Crippen molar-refractivity contribution in [3.05, 3.63) is 0 Å². The minimum absolute atomic E-state index is 0.0908. The van der Waals surface area contributed by atoms with Crippen LogP contribution in [0.3, 0.4) is 0 Å². The van der Waals surface area contributed by atoms with E-state index in [9.17, 15) is 4.79 Å². The van der Waals surface area contributed by atoms with Gasteiger partial charge >= 0.3 is 0 Å². The highest BCUT2D eigenvalue weighted by molar-refractivity contribution is 5.77. The zero-order valence-corrected chi connectivity index (χ0v) is 11.1. The lowest BCUT2D eigenvalue weighted by atomic mass is 9.98. The molecule has 2 aliphatic rings. The van der Waals surface area contributed by atoms with Crippen molar-refractivity contribution < 1.29 is 14.3 Å². The van der Waals surface area contributed by atoms with Crippen LogP contribution in [0.15, 0.2) is 0 Å². The molecule has 0 aromatic rings. The van der Waals surface area contributed by atoms with Crippen LogP contribution in [0.1, 0.15) is 19.8 Å². The lowest BCUT2D eigenvalue weighted by Crippen LogP contribution is -2.35. The summed E-state index contributed by atoms with van der Waals surface area (Å²) in [5.74, 6) is 1.22. The van der Waals surface area contributed by atoms with Gasteiger partial charge in [-0.3, -0.25) is 4.79 Å². The third-order valence-corrected chi connectivity index (χ3v) is 4.07. The number of ether oxygens (including phenoxy) is 2. The monoisotopic (exact) mass is 256 g/mol. The molecule has 0 aromatic carbocycles. The second-order valence-corrected chi connectivity index (χ2v) is 5.21. The van der Waals surface area contributed by atoms with Gasteiger partial charge in [0.1, 0.15) is 6.61 Å². The zero-order chi connectivity index (χ0) is 13.0. The van der Waals surface area contributed by atoms with Crippen LogP contribution in [0, 0.1) is 11.8 Å². The number of fused-ring (bicyclic) bond motifs is 1. The van der Waals surface area contributed by atoms with Crippen LogP contribution in [0.5, 0.6) is 0 Å². The van der Waals surface area contributed by atoms with E-state index in [1.807, 2.05) is 11.8 Å². The van der Waals surface area contributed by atoms with E-state index in [1.165, 1.54) is 6.42 Å². The molecule has 1 saturated carbocycles. The van der Waals surface area contributed by atoms with E-state index >= 15 is 0 Å². The Labute approximate surface area is 109 Å². The van der Waals surface area contributed by atoms with Crippen LogP contribution in [-0.2, 0) is 14.3 Å². The van der Waals surface area contributed by atoms with Crippen LogP contribution in [0.4, 0.5) is 0 Å². The van der Waals surface area contributed by atoms with Gasteiger partial charge in [0.05, 0.1) is 13.2 Å². The average Bonchev–Trinajstić information content (AvgIpc) is 2.92. The number of likely N-dealkylation sites (tertiary alicyclic amines) is 1. The molecule has 5 heteroatoms. The molecular formula is C13H24N2O3. The molecule has 2 N–H and O–H groups in total.